The van der Waals surface area contributed by atoms with Gasteiger partial charge in [-0.25, -0.2) is 4.79 Å². The zero-order valence-electron chi connectivity index (χ0n) is 15.3. The van der Waals surface area contributed by atoms with E-state index in [4.69, 9.17) is 16.2 Å². The molecule has 0 aromatic carbocycles. The fourth-order valence-corrected chi connectivity index (χ4v) is 2.25. The minimum atomic E-state index is -0.587. The molecule has 2 atom stereocenters. The number of aliphatic imine (C=N–C) groups is 1. The number of rotatable bonds is 13. The normalized spacial score (nSPS) is 14.1. The summed E-state index contributed by atoms with van der Waals surface area (Å²) >= 11 is 0. The molecule has 0 bridgehead atoms. The predicted molar refractivity (Wildman–Crippen MR) is 96.6 cm³/mol. The Morgan fingerprint density at radius 2 is 1.83 bits per heavy atom. The number of amidine groups is 1. The summed E-state index contributed by atoms with van der Waals surface area (Å²) in [7, 11) is 0. The Labute approximate surface area is 145 Å². The number of hydrogen-bond acceptors (Lipinski definition) is 5. The number of nitrogens with one attached hydrogen (secondary N) is 1. The number of carbonyl (C=O) groups excluding carboxylic acids is 2. The van der Waals surface area contributed by atoms with E-state index in [9.17, 15) is 9.59 Å². The third-order valence-corrected chi connectivity index (χ3v) is 3.69. The molecule has 7 heteroatoms. The molecule has 0 aliphatic carbocycles. The van der Waals surface area contributed by atoms with Gasteiger partial charge in [0, 0.05) is 12.5 Å². The van der Waals surface area contributed by atoms with Crippen LogP contribution in [0.1, 0.15) is 59.3 Å². The van der Waals surface area contributed by atoms with Crippen molar-refractivity contribution in [3.05, 3.63) is 0 Å². The minimum absolute atomic E-state index is 0.112. The minimum Gasteiger partial charge on any atom is -0.464 e. The van der Waals surface area contributed by atoms with E-state index in [1.807, 2.05) is 6.92 Å². The Morgan fingerprint density at radius 3 is 2.42 bits per heavy atom. The Bertz CT molecular complexity index is 395. The maximum atomic E-state index is 12.3. The van der Waals surface area contributed by atoms with Crippen molar-refractivity contribution in [1.82, 2.24) is 5.32 Å². The maximum absolute atomic E-state index is 12.3. The first kappa shape index (κ1) is 22.4. The van der Waals surface area contributed by atoms with E-state index >= 15 is 0 Å². The molecule has 7 nitrogen and oxygen atoms in total. The van der Waals surface area contributed by atoms with E-state index in [0.29, 0.717) is 32.0 Å². The van der Waals surface area contributed by atoms with Gasteiger partial charge >= 0.3 is 5.97 Å². The SMILES string of the molecule is CCOC(=O)[C@H](CCCCN)NC(=O)[C@@H](C)CCCCN=C(C)N. The van der Waals surface area contributed by atoms with Crippen molar-refractivity contribution in [2.24, 2.45) is 22.4 Å². The fourth-order valence-electron chi connectivity index (χ4n) is 2.25. The lowest BCUT2D eigenvalue weighted by atomic mass is 10.0. The summed E-state index contributed by atoms with van der Waals surface area (Å²) in [6.45, 7) is 6.94. The molecule has 0 aliphatic heterocycles. The Hall–Kier alpha value is -1.63. The van der Waals surface area contributed by atoms with Crippen LogP contribution in [-0.4, -0.2) is 43.5 Å². The van der Waals surface area contributed by atoms with E-state index in [1.54, 1.807) is 13.8 Å². The van der Waals surface area contributed by atoms with Crippen molar-refractivity contribution in [2.45, 2.75) is 65.3 Å². The summed E-state index contributed by atoms with van der Waals surface area (Å²) in [5, 5.41) is 2.82. The molecule has 0 heterocycles. The number of amides is 1. The molecule has 0 fully saturated rings. The number of nitrogens with zero attached hydrogens (tertiary/aromatic N) is 1. The lowest BCUT2D eigenvalue weighted by Crippen LogP contribution is -2.44. The van der Waals surface area contributed by atoms with Gasteiger partial charge in [-0.15, -0.1) is 0 Å². The summed E-state index contributed by atoms with van der Waals surface area (Å²) in [4.78, 5) is 28.4. The molecule has 140 valence electrons. The molecule has 0 saturated heterocycles. The summed E-state index contributed by atoms with van der Waals surface area (Å²) < 4.78 is 5.04. The molecule has 0 unspecified atom stereocenters. The van der Waals surface area contributed by atoms with Gasteiger partial charge in [-0.05, 0) is 52.5 Å². The molecule has 0 rings (SSSR count). The molecule has 5 N–H and O–H groups in total. The lowest BCUT2D eigenvalue weighted by molar-refractivity contribution is -0.148. The van der Waals surface area contributed by atoms with Crippen LogP contribution in [-0.2, 0) is 14.3 Å². The average Bonchev–Trinajstić information content (AvgIpc) is 2.53. The summed E-state index contributed by atoms with van der Waals surface area (Å²) in [6, 6.07) is -0.587. The Balaban J connectivity index is 4.30. The van der Waals surface area contributed by atoms with Gasteiger partial charge in [0.2, 0.25) is 5.91 Å². The van der Waals surface area contributed by atoms with Crippen molar-refractivity contribution >= 4 is 17.7 Å². The van der Waals surface area contributed by atoms with E-state index in [1.165, 1.54) is 0 Å². The molecule has 24 heavy (non-hydrogen) atoms. The molecule has 1 amide bonds. The largest absolute Gasteiger partial charge is 0.464 e. The van der Waals surface area contributed by atoms with Crippen LogP contribution in [0.2, 0.25) is 0 Å². The van der Waals surface area contributed by atoms with Crippen molar-refractivity contribution in [1.29, 1.82) is 0 Å². The summed E-state index contributed by atoms with van der Waals surface area (Å²) in [5.74, 6) is -0.0583. The predicted octanol–water partition coefficient (Wildman–Crippen LogP) is 1.35. The van der Waals surface area contributed by atoms with Crippen molar-refractivity contribution in [2.75, 3.05) is 19.7 Å². The van der Waals surface area contributed by atoms with Gasteiger partial charge in [0.05, 0.1) is 12.4 Å². The number of nitrogens with two attached hydrogens (primary N) is 2. The lowest BCUT2D eigenvalue weighted by Gasteiger charge is -2.19. The zero-order chi connectivity index (χ0) is 18.4. The number of hydrogen-bond donors (Lipinski definition) is 3. The van der Waals surface area contributed by atoms with Crippen LogP contribution in [0.3, 0.4) is 0 Å². The molecule has 0 aliphatic rings. The zero-order valence-corrected chi connectivity index (χ0v) is 15.3. The molecule has 0 spiro atoms. The molecule has 0 aromatic heterocycles. The third kappa shape index (κ3) is 11.0. The molecular weight excluding hydrogens is 308 g/mol. The van der Waals surface area contributed by atoms with Gasteiger partial charge in [0.25, 0.3) is 0 Å². The van der Waals surface area contributed by atoms with Crippen LogP contribution in [0.5, 0.6) is 0 Å². The molecule has 0 radical (unpaired) electrons. The topological polar surface area (TPSA) is 120 Å². The van der Waals surface area contributed by atoms with Crippen LogP contribution in [0.4, 0.5) is 0 Å². The van der Waals surface area contributed by atoms with E-state index < -0.39 is 6.04 Å². The van der Waals surface area contributed by atoms with Gasteiger partial charge < -0.3 is 21.5 Å². The number of carbonyl (C=O) groups is 2. The second-order valence-electron chi connectivity index (χ2n) is 6.02. The van der Waals surface area contributed by atoms with E-state index in [2.05, 4.69) is 10.3 Å². The smallest absolute Gasteiger partial charge is 0.328 e. The standard InChI is InChI=1S/C17H34N4O3/c1-4-24-17(23)15(10-5-7-11-18)21-16(22)13(2)9-6-8-12-20-14(3)19/h13,15H,4-12,18H2,1-3H3,(H2,19,20)(H,21,22)/t13-,15-/m0/s1. The second kappa shape index (κ2) is 13.8. The Morgan fingerprint density at radius 1 is 1.17 bits per heavy atom. The van der Waals surface area contributed by atoms with Gasteiger partial charge in [-0.1, -0.05) is 13.3 Å². The maximum Gasteiger partial charge on any atom is 0.328 e. The van der Waals surface area contributed by atoms with Crippen molar-refractivity contribution in [3.63, 3.8) is 0 Å². The van der Waals surface area contributed by atoms with E-state index in [0.717, 1.165) is 32.1 Å². The van der Waals surface area contributed by atoms with Gasteiger partial charge in [-0.3, -0.25) is 9.79 Å². The number of unbranched alkanes of at least 4 members (excludes halogenated alkanes) is 2. The first-order chi connectivity index (χ1) is 11.4. The highest BCUT2D eigenvalue weighted by atomic mass is 16.5. The van der Waals surface area contributed by atoms with Crippen LogP contribution in [0, 0.1) is 5.92 Å². The quantitative estimate of drug-likeness (QED) is 0.202. The number of ether oxygens (including phenoxy) is 1. The Kier molecular flexibility index (Phi) is 12.8. The van der Waals surface area contributed by atoms with Crippen molar-refractivity contribution in [3.8, 4) is 0 Å². The summed E-state index contributed by atoms with van der Waals surface area (Å²) in [5.41, 5.74) is 11.0. The van der Waals surface area contributed by atoms with Crippen LogP contribution in [0.25, 0.3) is 0 Å². The highest BCUT2D eigenvalue weighted by molar-refractivity contribution is 5.85. The summed E-state index contributed by atoms with van der Waals surface area (Å²) in [6.07, 6.45) is 4.70. The van der Waals surface area contributed by atoms with Crippen LogP contribution >= 0.6 is 0 Å². The first-order valence-corrected chi connectivity index (χ1v) is 8.85. The van der Waals surface area contributed by atoms with Crippen LogP contribution < -0.4 is 16.8 Å². The fraction of sp³-hybridized carbons (Fsp3) is 0.824. The average molecular weight is 342 g/mol. The third-order valence-electron chi connectivity index (χ3n) is 3.69. The monoisotopic (exact) mass is 342 g/mol. The van der Waals surface area contributed by atoms with E-state index in [-0.39, 0.29) is 17.8 Å². The molecule has 0 aromatic rings. The second-order valence-corrected chi connectivity index (χ2v) is 6.02. The first-order valence-electron chi connectivity index (χ1n) is 8.85. The van der Waals surface area contributed by atoms with Crippen molar-refractivity contribution < 1.29 is 14.3 Å². The van der Waals surface area contributed by atoms with Gasteiger partial charge in [-0.2, -0.15) is 0 Å². The van der Waals surface area contributed by atoms with Gasteiger partial charge in [0.15, 0.2) is 0 Å². The highest BCUT2D eigenvalue weighted by Gasteiger charge is 2.23. The van der Waals surface area contributed by atoms with Crippen LogP contribution in [0.15, 0.2) is 4.99 Å². The number of esters is 1. The molecular formula is C17H34N4O3. The molecule has 0 saturated carbocycles. The van der Waals surface area contributed by atoms with Gasteiger partial charge in [0.1, 0.15) is 6.04 Å². The highest BCUT2D eigenvalue weighted by Crippen LogP contribution is 2.10.